The van der Waals surface area contributed by atoms with Crippen molar-refractivity contribution >= 4 is 39.7 Å². The molecule has 10 heteroatoms. The molecule has 0 aliphatic carbocycles. The molecule has 1 N–H and O–H groups in total. The van der Waals surface area contributed by atoms with Crippen molar-refractivity contribution in [1.82, 2.24) is 14.5 Å². The van der Waals surface area contributed by atoms with Crippen LogP contribution in [0, 0.1) is 0 Å². The average molecular weight is 382 g/mol. The van der Waals surface area contributed by atoms with Gasteiger partial charge in [0.25, 0.3) is 5.91 Å². The summed E-state index contributed by atoms with van der Waals surface area (Å²) in [6.07, 6.45) is 0. The van der Waals surface area contributed by atoms with Crippen LogP contribution in [0.25, 0.3) is 0 Å². The van der Waals surface area contributed by atoms with Crippen LogP contribution < -0.4 is 5.32 Å². The van der Waals surface area contributed by atoms with E-state index >= 15 is 0 Å². The third-order valence-corrected chi connectivity index (χ3v) is 6.79. The van der Waals surface area contributed by atoms with Crippen LogP contribution in [0.3, 0.4) is 0 Å². The first-order chi connectivity index (χ1) is 10.6. The Labute approximate surface area is 146 Å². The minimum Gasteiger partial charge on any atom is -0.379 e. The Morgan fingerprint density at radius 1 is 1.17 bits per heavy atom. The SMILES string of the molecule is Cl.O=C(c1sccc1S(=O)(=O)N1CCOCC1)N1CCNCC1. The van der Waals surface area contributed by atoms with Crippen molar-refractivity contribution < 1.29 is 17.9 Å². The average Bonchev–Trinajstić information content (AvgIpc) is 3.06. The topological polar surface area (TPSA) is 79.0 Å². The van der Waals surface area contributed by atoms with E-state index < -0.39 is 10.0 Å². The summed E-state index contributed by atoms with van der Waals surface area (Å²) in [4.78, 5) is 14.8. The Hall–Kier alpha value is -0.710. The fraction of sp³-hybridized carbons (Fsp3) is 0.615. The quantitative estimate of drug-likeness (QED) is 0.811. The fourth-order valence-electron chi connectivity index (χ4n) is 2.59. The summed E-state index contributed by atoms with van der Waals surface area (Å²) in [6, 6.07) is 1.53. The second kappa shape index (κ2) is 7.91. The van der Waals surface area contributed by atoms with Crippen molar-refractivity contribution in [3.8, 4) is 0 Å². The van der Waals surface area contributed by atoms with Gasteiger partial charge in [-0.05, 0) is 11.4 Å². The number of carbonyl (C=O) groups excluding carboxylic acids is 1. The Morgan fingerprint density at radius 3 is 2.48 bits per heavy atom. The number of hydrogen-bond acceptors (Lipinski definition) is 6. The van der Waals surface area contributed by atoms with Crippen LogP contribution in [0.2, 0.25) is 0 Å². The number of rotatable bonds is 3. The van der Waals surface area contributed by atoms with Gasteiger partial charge in [-0.25, -0.2) is 8.42 Å². The third-order valence-electron chi connectivity index (χ3n) is 3.82. The third kappa shape index (κ3) is 3.86. The van der Waals surface area contributed by atoms with Gasteiger partial charge in [0.05, 0.1) is 13.2 Å². The zero-order chi connectivity index (χ0) is 15.6. The molecule has 0 radical (unpaired) electrons. The molecule has 0 bridgehead atoms. The van der Waals surface area contributed by atoms with Crippen LogP contribution >= 0.6 is 23.7 Å². The molecular formula is C13H20ClN3O4S2. The van der Waals surface area contributed by atoms with Gasteiger partial charge in [0, 0.05) is 39.3 Å². The van der Waals surface area contributed by atoms with Crippen LogP contribution in [-0.2, 0) is 14.8 Å². The predicted octanol–water partition coefficient (Wildman–Crippen LogP) is 0.236. The molecule has 3 heterocycles. The number of hydrogen-bond donors (Lipinski definition) is 1. The molecule has 2 aliphatic rings. The number of thiophene rings is 1. The largest absolute Gasteiger partial charge is 0.379 e. The van der Waals surface area contributed by atoms with Crippen molar-refractivity contribution in [1.29, 1.82) is 0 Å². The number of nitrogens with one attached hydrogen (secondary N) is 1. The first-order valence-corrected chi connectivity index (χ1v) is 9.58. The number of piperazine rings is 1. The van der Waals surface area contributed by atoms with E-state index in [-0.39, 0.29) is 23.2 Å². The smallest absolute Gasteiger partial charge is 0.265 e. The number of morpholine rings is 1. The van der Waals surface area contributed by atoms with E-state index in [4.69, 9.17) is 4.74 Å². The van der Waals surface area contributed by atoms with Crippen molar-refractivity contribution in [3.05, 3.63) is 16.3 Å². The number of sulfonamides is 1. The van der Waals surface area contributed by atoms with E-state index in [0.29, 0.717) is 44.3 Å². The second-order valence-electron chi connectivity index (χ2n) is 5.17. The van der Waals surface area contributed by atoms with E-state index in [1.54, 1.807) is 10.3 Å². The lowest BCUT2D eigenvalue weighted by Gasteiger charge is -2.28. The molecule has 0 saturated carbocycles. The highest BCUT2D eigenvalue weighted by atomic mass is 35.5. The number of ether oxygens (including phenoxy) is 1. The molecule has 1 aromatic heterocycles. The Morgan fingerprint density at radius 2 is 1.83 bits per heavy atom. The summed E-state index contributed by atoms with van der Waals surface area (Å²) < 4.78 is 32.1. The first kappa shape index (κ1) is 18.6. The van der Waals surface area contributed by atoms with E-state index in [9.17, 15) is 13.2 Å². The summed E-state index contributed by atoms with van der Waals surface area (Å²) in [5, 5.41) is 4.85. The zero-order valence-electron chi connectivity index (χ0n) is 12.6. The molecule has 23 heavy (non-hydrogen) atoms. The number of halogens is 1. The van der Waals surface area contributed by atoms with E-state index in [2.05, 4.69) is 5.32 Å². The molecule has 0 aromatic carbocycles. The Kier molecular flexibility index (Phi) is 6.40. The monoisotopic (exact) mass is 381 g/mol. The first-order valence-electron chi connectivity index (χ1n) is 7.26. The van der Waals surface area contributed by atoms with Gasteiger partial charge in [0.2, 0.25) is 10.0 Å². The Balaban J connectivity index is 0.00000192. The molecule has 130 valence electrons. The molecule has 1 aromatic rings. The van der Waals surface area contributed by atoms with Gasteiger partial charge in [-0.2, -0.15) is 4.31 Å². The van der Waals surface area contributed by atoms with Crippen molar-refractivity contribution in [2.45, 2.75) is 4.90 Å². The highest BCUT2D eigenvalue weighted by molar-refractivity contribution is 7.89. The molecule has 2 aliphatic heterocycles. The van der Waals surface area contributed by atoms with Crippen molar-refractivity contribution in [2.75, 3.05) is 52.5 Å². The maximum Gasteiger partial charge on any atom is 0.265 e. The van der Waals surface area contributed by atoms with Gasteiger partial charge in [0.1, 0.15) is 9.77 Å². The summed E-state index contributed by atoms with van der Waals surface area (Å²) in [6.45, 7) is 4.14. The summed E-state index contributed by atoms with van der Waals surface area (Å²) in [7, 11) is -3.63. The number of nitrogens with zero attached hydrogens (tertiary/aromatic N) is 2. The van der Waals surface area contributed by atoms with Crippen LogP contribution in [0.1, 0.15) is 9.67 Å². The van der Waals surface area contributed by atoms with E-state index in [1.165, 1.54) is 21.7 Å². The van der Waals surface area contributed by atoms with Gasteiger partial charge in [-0.3, -0.25) is 4.79 Å². The minimum absolute atomic E-state index is 0. The summed E-state index contributed by atoms with van der Waals surface area (Å²) >= 11 is 1.19. The van der Waals surface area contributed by atoms with Gasteiger partial charge in [-0.15, -0.1) is 23.7 Å². The normalized spacial score (nSPS) is 20.1. The van der Waals surface area contributed by atoms with Gasteiger partial charge in [0.15, 0.2) is 0 Å². The van der Waals surface area contributed by atoms with Gasteiger partial charge < -0.3 is 15.0 Å². The molecule has 0 unspecified atom stereocenters. The fourth-order valence-corrected chi connectivity index (χ4v) is 5.36. The molecule has 2 fully saturated rings. The Bertz CT molecular complexity index is 637. The molecule has 2 saturated heterocycles. The van der Waals surface area contributed by atoms with Gasteiger partial charge >= 0.3 is 0 Å². The lowest BCUT2D eigenvalue weighted by atomic mass is 10.3. The van der Waals surface area contributed by atoms with Crippen LogP contribution in [0.15, 0.2) is 16.3 Å². The van der Waals surface area contributed by atoms with Crippen LogP contribution in [0.4, 0.5) is 0 Å². The highest BCUT2D eigenvalue weighted by Crippen LogP contribution is 2.27. The molecule has 1 amide bonds. The maximum absolute atomic E-state index is 12.8. The molecular weight excluding hydrogens is 362 g/mol. The number of carbonyl (C=O) groups is 1. The van der Waals surface area contributed by atoms with Crippen molar-refractivity contribution in [3.63, 3.8) is 0 Å². The number of amides is 1. The second-order valence-corrected chi connectivity index (χ2v) is 8.00. The predicted molar refractivity (Wildman–Crippen MR) is 89.9 cm³/mol. The summed E-state index contributed by atoms with van der Waals surface area (Å²) in [5.41, 5.74) is 0. The van der Waals surface area contributed by atoms with Crippen molar-refractivity contribution in [2.24, 2.45) is 0 Å². The lowest BCUT2D eigenvalue weighted by Crippen LogP contribution is -2.46. The van der Waals surface area contributed by atoms with E-state index in [1.807, 2.05) is 0 Å². The van der Waals surface area contributed by atoms with Crippen LogP contribution in [-0.4, -0.2) is 76.0 Å². The molecule has 0 atom stereocenters. The maximum atomic E-state index is 12.8. The van der Waals surface area contributed by atoms with Gasteiger partial charge in [-0.1, -0.05) is 0 Å². The minimum atomic E-state index is -3.63. The van der Waals surface area contributed by atoms with Crippen LogP contribution in [0.5, 0.6) is 0 Å². The zero-order valence-corrected chi connectivity index (χ0v) is 15.0. The molecule has 0 spiro atoms. The highest BCUT2D eigenvalue weighted by Gasteiger charge is 2.32. The summed E-state index contributed by atoms with van der Waals surface area (Å²) in [5.74, 6) is -0.191. The lowest BCUT2D eigenvalue weighted by molar-refractivity contribution is 0.0721. The molecule has 7 nitrogen and oxygen atoms in total. The standard InChI is InChI=1S/C13H19N3O4S2.ClH/c17-13(15-4-2-14-3-5-15)12-11(1-10-21-12)22(18,19)16-6-8-20-9-7-16;/h1,10,14H,2-9H2;1H. The molecule has 3 rings (SSSR count). The van der Waals surface area contributed by atoms with E-state index in [0.717, 1.165) is 13.1 Å².